The number of fused-ring (bicyclic) bond motifs is 1. The monoisotopic (exact) mass is 236 g/mol. The Bertz CT molecular complexity index is 449. The number of aryl methyl sites for hydroxylation is 2. The largest absolute Gasteiger partial charge is 0.468 e. The second-order valence-corrected chi connectivity index (χ2v) is 3.96. The molecule has 1 aliphatic carbocycles. The minimum atomic E-state index is -0.520. The van der Waals surface area contributed by atoms with Crippen LogP contribution in [0.2, 0.25) is 0 Å². The van der Waals surface area contributed by atoms with Crippen LogP contribution in [-0.4, -0.2) is 18.4 Å². The zero-order chi connectivity index (χ0) is 12.3. The second-order valence-electron chi connectivity index (χ2n) is 3.96. The van der Waals surface area contributed by atoms with Gasteiger partial charge in [0.25, 0.3) is 0 Å². The van der Waals surface area contributed by atoms with Crippen molar-refractivity contribution >= 4 is 11.8 Å². The molecule has 1 N–H and O–H groups in total. The first-order valence-electron chi connectivity index (χ1n) is 5.79. The highest BCUT2D eigenvalue weighted by Crippen LogP contribution is 2.26. The lowest BCUT2D eigenvalue weighted by atomic mass is 9.94. The van der Waals surface area contributed by atoms with E-state index in [1.807, 2.05) is 6.92 Å². The van der Waals surface area contributed by atoms with E-state index < -0.39 is 6.09 Å². The van der Waals surface area contributed by atoms with Gasteiger partial charge in [-0.15, -0.1) is 0 Å². The Kier molecular flexibility index (Phi) is 3.46. The molecule has 0 aromatic carbocycles. The molecule has 0 unspecified atom stereocenters. The summed E-state index contributed by atoms with van der Waals surface area (Å²) >= 11 is 0. The molecule has 0 fully saturated rings. The third-order valence-corrected chi connectivity index (χ3v) is 2.71. The van der Waals surface area contributed by atoms with Crippen molar-refractivity contribution in [1.82, 2.24) is 5.43 Å². The number of amides is 1. The van der Waals surface area contributed by atoms with E-state index in [1.54, 1.807) is 13.2 Å². The van der Waals surface area contributed by atoms with Crippen LogP contribution in [0.3, 0.4) is 0 Å². The molecule has 0 saturated heterocycles. The van der Waals surface area contributed by atoms with Crippen LogP contribution in [0.5, 0.6) is 0 Å². The third kappa shape index (κ3) is 2.49. The SMILES string of the molecule is CCOC(=O)N/N=C1\CCCc2occ(C)c21. The maximum Gasteiger partial charge on any atom is 0.427 e. The maximum atomic E-state index is 11.2. The van der Waals surface area contributed by atoms with Gasteiger partial charge < -0.3 is 9.15 Å². The van der Waals surface area contributed by atoms with Gasteiger partial charge in [0.05, 0.1) is 18.6 Å². The number of rotatable bonds is 2. The van der Waals surface area contributed by atoms with Crippen molar-refractivity contribution in [2.24, 2.45) is 5.10 Å². The number of nitrogens with one attached hydrogen (secondary N) is 1. The van der Waals surface area contributed by atoms with Gasteiger partial charge in [0, 0.05) is 12.0 Å². The van der Waals surface area contributed by atoms with Gasteiger partial charge in [-0.1, -0.05) is 0 Å². The lowest BCUT2D eigenvalue weighted by Gasteiger charge is -2.13. The van der Waals surface area contributed by atoms with Crippen LogP contribution in [0.1, 0.15) is 36.7 Å². The first-order valence-corrected chi connectivity index (χ1v) is 5.79. The summed E-state index contributed by atoms with van der Waals surface area (Å²) in [6.07, 6.45) is 3.98. The van der Waals surface area contributed by atoms with Crippen molar-refractivity contribution in [1.29, 1.82) is 0 Å². The lowest BCUT2D eigenvalue weighted by molar-refractivity contribution is 0.152. The minimum absolute atomic E-state index is 0.340. The number of hydrazone groups is 1. The Morgan fingerprint density at radius 3 is 3.18 bits per heavy atom. The number of carbonyl (C=O) groups excluding carboxylic acids is 1. The number of carbonyl (C=O) groups is 1. The zero-order valence-corrected chi connectivity index (χ0v) is 10.1. The molecular formula is C12H16N2O3. The van der Waals surface area contributed by atoms with Crippen LogP contribution < -0.4 is 5.43 Å². The van der Waals surface area contributed by atoms with Gasteiger partial charge in [0.2, 0.25) is 0 Å². The van der Waals surface area contributed by atoms with Crippen molar-refractivity contribution in [2.45, 2.75) is 33.1 Å². The number of ether oxygens (including phenoxy) is 1. The van der Waals surface area contributed by atoms with Gasteiger partial charge in [-0.3, -0.25) is 0 Å². The fourth-order valence-corrected chi connectivity index (χ4v) is 2.00. The van der Waals surface area contributed by atoms with Gasteiger partial charge in [0.15, 0.2) is 0 Å². The van der Waals surface area contributed by atoms with Gasteiger partial charge in [-0.05, 0) is 32.3 Å². The molecule has 2 rings (SSSR count). The zero-order valence-electron chi connectivity index (χ0n) is 10.1. The van der Waals surface area contributed by atoms with Crippen LogP contribution in [-0.2, 0) is 11.2 Å². The summed E-state index contributed by atoms with van der Waals surface area (Å²) in [5.74, 6) is 0.957. The van der Waals surface area contributed by atoms with Crippen molar-refractivity contribution < 1.29 is 13.9 Å². The summed E-state index contributed by atoms with van der Waals surface area (Å²) in [7, 11) is 0. The van der Waals surface area contributed by atoms with E-state index in [0.29, 0.717) is 6.61 Å². The molecule has 1 amide bonds. The summed E-state index contributed by atoms with van der Waals surface area (Å²) in [4.78, 5) is 11.2. The Morgan fingerprint density at radius 2 is 2.41 bits per heavy atom. The highest BCUT2D eigenvalue weighted by Gasteiger charge is 2.21. The molecule has 0 spiro atoms. The van der Waals surface area contributed by atoms with Crippen molar-refractivity contribution in [3.05, 3.63) is 23.2 Å². The predicted molar refractivity (Wildman–Crippen MR) is 63.1 cm³/mol. The molecule has 0 saturated carbocycles. The fraction of sp³-hybridized carbons (Fsp3) is 0.500. The molecule has 0 atom stereocenters. The van der Waals surface area contributed by atoms with Gasteiger partial charge in [-0.25, -0.2) is 10.2 Å². The van der Waals surface area contributed by atoms with Crippen molar-refractivity contribution in [3.63, 3.8) is 0 Å². The Morgan fingerprint density at radius 1 is 1.59 bits per heavy atom. The first-order chi connectivity index (χ1) is 8.22. The van der Waals surface area contributed by atoms with Gasteiger partial charge in [0.1, 0.15) is 5.76 Å². The standard InChI is InChI=1S/C12H16N2O3/c1-3-16-12(15)14-13-9-5-4-6-10-11(9)8(2)7-17-10/h7H,3-6H2,1-2H3,(H,14,15)/b13-9+. The smallest absolute Gasteiger partial charge is 0.427 e. The molecule has 1 heterocycles. The van der Waals surface area contributed by atoms with E-state index in [0.717, 1.165) is 41.9 Å². The first kappa shape index (κ1) is 11.7. The van der Waals surface area contributed by atoms with E-state index in [1.165, 1.54) is 0 Å². The predicted octanol–water partition coefficient (Wildman–Crippen LogP) is 2.37. The second kappa shape index (κ2) is 5.03. The summed E-state index contributed by atoms with van der Waals surface area (Å²) in [6.45, 7) is 4.08. The van der Waals surface area contributed by atoms with Gasteiger partial charge in [-0.2, -0.15) is 5.10 Å². The lowest BCUT2D eigenvalue weighted by Crippen LogP contribution is -2.22. The van der Waals surface area contributed by atoms with Crippen LogP contribution in [0.25, 0.3) is 0 Å². The summed E-state index contributed by atoms with van der Waals surface area (Å²) in [5.41, 5.74) is 5.36. The summed E-state index contributed by atoms with van der Waals surface area (Å²) < 4.78 is 10.2. The fourth-order valence-electron chi connectivity index (χ4n) is 2.00. The highest BCUT2D eigenvalue weighted by molar-refractivity contribution is 6.03. The van der Waals surface area contributed by atoms with Crippen LogP contribution in [0.4, 0.5) is 4.79 Å². The van der Waals surface area contributed by atoms with Crippen molar-refractivity contribution in [3.8, 4) is 0 Å². The minimum Gasteiger partial charge on any atom is -0.468 e. The topological polar surface area (TPSA) is 63.8 Å². The number of furan rings is 1. The molecule has 5 heteroatoms. The molecule has 1 aromatic rings. The van der Waals surface area contributed by atoms with E-state index in [9.17, 15) is 4.79 Å². The van der Waals surface area contributed by atoms with Crippen molar-refractivity contribution in [2.75, 3.05) is 6.61 Å². The molecule has 1 aliphatic rings. The third-order valence-electron chi connectivity index (χ3n) is 2.71. The van der Waals surface area contributed by atoms with Gasteiger partial charge >= 0.3 is 6.09 Å². The maximum absolute atomic E-state index is 11.2. The molecule has 17 heavy (non-hydrogen) atoms. The van der Waals surface area contributed by atoms with E-state index in [-0.39, 0.29) is 0 Å². The Hall–Kier alpha value is -1.78. The Balaban J connectivity index is 2.15. The molecule has 0 aliphatic heterocycles. The molecule has 5 nitrogen and oxygen atoms in total. The average Bonchev–Trinajstić information content (AvgIpc) is 2.70. The summed E-state index contributed by atoms with van der Waals surface area (Å²) in [5, 5.41) is 4.11. The molecule has 0 radical (unpaired) electrons. The van der Waals surface area contributed by atoms with Crippen LogP contribution in [0, 0.1) is 6.92 Å². The van der Waals surface area contributed by atoms with E-state index in [4.69, 9.17) is 9.15 Å². The molecular weight excluding hydrogens is 220 g/mol. The molecule has 92 valence electrons. The molecule has 0 bridgehead atoms. The Labute approximate surface area is 99.8 Å². The number of hydrogen-bond donors (Lipinski definition) is 1. The quantitative estimate of drug-likeness (QED) is 0.802. The number of hydrogen-bond acceptors (Lipinski definition) is 4. The number of nitrogens with zero attached hydrogens (tertiary/aromatic N) is 1. The highest BCUT2D eigenvalue weighted by atomic mass is 16.5. The average molecular weight is 236 g/mol. The van der Waals surface area contributed by atoms with E-state index in [2.05, 4.69) is 10.5 Å². The normalized spacial score (nSPS) is 16.7. The van der Waals surface area contributed by atoms with E-state index >= 15 is 0 Å². The molecule has 1 aromatic heterocycles. The van der Waals surface area contributed by atoms with Crippen LogP contribution >= 0.6 is 0 Å². The summed E-state index contributed by atoms with van der Waals surface area (Å²) in [6, 6.07) is 0. The van der Waals surface area contributed by atoms with Crippen LogP contribution in [0.15, 0.2) is 15.8 Å².